The Bertz CT molecular complexity index is 1010. The number of nitrogens with two attached hydrogens (primary N) is 1. The van der Waals surface area contributed by atoms with Crippen molar-refractivity contribution in [2.75, 3.05) is 12.4 Å². The molecule has 3 heterocycles. The summed E-state index contributed by atoms with van der Waals surface area (Å²) >= 11 is 1.55. The highest BCUT2D eigenvalue weighted by molar-refractivity contribution is 7.07. The molecule has 0 spiro atoms. The minimum atomic E-state index is 0.373. The third-order valence-electron chi connectivity index (χ3n) is 3.87. The predicted molar refractivity (Wildman–Crippen MR) is 97.0 cm³/mol. The maximum Gasteiger partial charge on any atom is 0.154 e. The van der Waals surface area contributed by atoms with E-state index < -0.39 is 0 Å². The van der Waals surface area contributed by atoms with Crippen LogP contribution in [0.25, 0.3) is 21.9 Å². The van der Waals surface area contributed by atoms with Crippen molar-refractivity contribution in [2.45, 2.75) is 20.1 Å². The molecule has 128 valence electrons. The van der Waals surface area contributed by atoms with Gasteiger partial charge in [-0.3, -0.25) is 4.98 Å². The zero-order valence-electron chi connectivity index (χ0n) is 13.7. The van der Waals surface area contributed by atoms with Gasteiger partial charge in [-0.05, 0) is 19.1 Å². The summed E-state index contributed by atoms with van der Waals surface area (Å²) in [6.45, 7) is 3.36. The highest BCUT2D eigenvalue weighted by Crippen LogP contribution is 2.27. The number of hydrogen-bond donors (Lipinski definition) is 1. The Kier molecular flexibility index (Phi) is 4.21. The average Bonchev–Trinajstić information content (AvgIpc) is 3.26. The molecule has 1 aromatic carbocycles. The first-order valence-corrected chi connectivity index (χ1v) is 8.83. The standard InChI is InChI=1S/C17H17N5O2S/c1-2-23-8-16-21-15-6-19-14-5-12(24-7-11-9-25-10-20-11)3-4-13(14)17(15)22(16)18/h3-6,9-10H,2,7-8,18H2,1H3. The molecular weight excluding hydrogens is 338 g/mol. The van der Waals surface area contributed by atoms with E-state index in [-0.39, 0.29) is 0 Å². The van der Waals surface area contributed by atoms with E-state index in [2.05, 4.69) is 15.0 Å². The Balaban J connectivity index is 1.68. The van der Waals surface area contributed by atoms with Crippen LogP contribution in [0.15, 0.2) is 35.3 Å². The third kappa shape index (κ3) is 3.01. The molecular formula is C17H17N5O2S. The van der Waals surface area contributed by atoms with E-state index in [9.17, 15) is 0 Å². The van der Waals surface area contributed by atoms with E-state index in [4.69, 9.17) is 15.3 Å². The summed E-state index contributed by atoms with van der Waals surface area (Å²) < 4.78 is 12.8. The molecule has 0 saturated carbocycles. The molecule has 0 aliphatic rings. The summed E-state index contributed by atoms with van der Waals surface area (Å²) in [4.78, 5) is 13.2. The van der Waals surface area contributed by atoms with Gasteiger partial charge in [-0.15, -0.1) is 11.3 Å². The van der Waals surface area contributed by atoms with E-state index in [0.717, 1.165) is 33.4 Å². The fourth-order valence-electron chi connectivity index (χ4n) is 2.66. The number of hydrogen-bond acceptors (Lipinski definition) is 7. The van der Waals surface area contributed by atoms with Gasteiger partial charge in [0.1, 0.15) is 30.0 Å². The van der Waals surface area contributed by atoms with Crippen LogP contribution in [-0.2, 0) is 18.0 Å². The zero-order valence-corrected chi connectivity index (χ0v) is 14.5. The second-order valence-corrected chi connectivity index (χ2v) is 6.19. The maximum atomic E-state index is 6.21. The fraction of sp³-hybridized carbons (Fsp3) is 0.235. The molecule has 2 N–H and O–H groups in total. The molecule has 25 heavy (non-hydrogen) atoms. The van der Waals surface area contributed by atoms with Crippen LogP contribution in [0.1, 0.15) is 18.4 Å². The molecule has 3 aromatic heterocycles. The molecule has 0 atom stereocenters. The third-order valence-corrected chi connectivity index (χ3v) is 4.50. The largest absolute Gasteiger partial charge is 0.487 e. The van der Waals surface area contributed by atoms with Crippen molar-refractivity contribution in [3.05, 3.63) is 46.8 Å². The van der Waals surface area contributed by atoms with Crippen LogP contribution in [0.4, 0.5) is 0 Å². The number of nitrogen functional groups attached to an aromatic ring is 1. The van der Waals surface area contributed by atoms with Crippen LogP contribution in [0.3, 0.4) is 0 Å². The lowest BCUT2D eigenvalue weighted by atomic mass is 10.2. The second kappa shape index (κ2) is 6.66. The molecule has 4 rings (SSSR count). The quantitative estimate of drug-likeness (QED) is 0.535. The lowest BCUT2D eigenvalue weighted by Gasteiger charge is -2.07. The average molecular weight is 355 g/mol. The lowest BCUT2D eigenvalue weighted by molar-refractivity contribution is 0.127. The van der Waals surface area contributed by atoms with Gasteiger partial charge >= 0.3 is 0 Å². The van der Waals surface area contributed by atoms with Crippen LogP contribution < -0.4 is 10.6 Å². The van der Waals surface area contributed by atoms with Crippen molar-refractivity contribution in [2.24, 2.45) is 0 Å². The van der Waals surface area contributed by atoms with Gasteiger partial charge in [0.15, 0.2) is 5.82 Å². The SMILES string of the molecule is CCOCc1nc2cnc3cc(OCc4cscn4)ccc3c2n1N. The van der Waals surface area contributed by atoms with Gasteiger partial charge in [0.25, 0.3) is 0 Å². The molecule has 0 fully saturated rings. The number of pyridine rings is 1. The van der Waals surface area contributed by atoms with E-state index in [1.807, 2.05) is 30.5 Å². The highest BCUT2D eigenvalue weighted by atomic mass is 32.1. The summed E-state index contributed by atoms with van der Waals surface area (Å²) in [6.07, 6.45) is 1.72. The number of ether oxygens (including phenoxy) is 2. The first kappa shape index (κ1) is 15.8. The van der Waals surface area contributed by atoms with Gasteiger partial charge in [-0.1, -0.05) is 0 Å². The van der Waals surface area contributed by atoms with Crippen LogP contribution in [0.2, 0.25) is 0 Å². The second-order valence-electron chi connectivity index (χ2n) is 5.47. The predicted octanol–water partition coefficient (Wildman–Crippen LogP) is 2.87. The van der Waals surface area contributed by atoms with Gasteiger partial charge in [-0.25, -0.2) is 14.6 Å². The van der Waals surface area contributed by atoms with Crippen molar-refractivity contribution >= 4 is 33.3 Å². The van der Waals surface area contributed by atoms with Gasteiger partial charge < -0.3 is 15.3 Å². The number of rotatable bonds is 6. The molecule has 0 saturated heterocycles. The molecule has 0 radical (unpaired) electrons. The Morgan fingerprint density at radius 1 is 1.20 bits per heavy atom. The molecule has 8 heteroatoms. The molecule has 0 unspecified atom stereocenters. The summed E-state index contributed by atoms with van der Waals surface area (Å²) in [5.74, 6) is 7.63. The van der Waals surface area contributed by atoms with Gasteiger partial charge in [0.05, 0.1) is 22.9 Å². The van der Waals surface area contributed by atoms with E-state index in [0.29, 0.717) is 25.6 Å². The Morgan fingerprint density at radius 3 is 2.92 bits per heavy atom. The Morgan fingerprint density at radius 2 is 2.12 bits per heavy atom. The van der Waals surface area contributed by atoms with Crippen LogP contribution in [0, 0.1) is 0 Å². The normalized spacial score (nSPS) is 11.4. The van der Waals surface area contributed by atoms with Gasteiger partial charge in [-0.2, -0.15) is 0 Å². The molecule has 0 bridgehead atoms. The summed E-state index contributed by atoms with van der Waals surface area (Å²) in [5, 5.41) is 2.90. The van der Waals surface area contributed by atoms with E-state index in [1.54, 1.807) is 27.7 Å². The number of imidazole rings is 1. The lowest BCUT2D eigenvalue weighted by Crippen LogP contribution is -2.13. The molecule has 4 aromatic rings. The monoisotopic (exact) mass is 355 g/mol. The van der Waals surface area contributed by atoms with Crippen LogP contribution in [0.5, 0.6) is 5.75 Å². The number of thiazole rings is 1. The van der Waals surface area contributed by atoms with E-state index >= 15 is 0 Å². The van der Waals surface area contributed by atoms with Crippen molar-refractivity contribution < 1.29 is 9.47 Å². The Labute approximate surface area is 148 Å². The zero-order chi connectivity index (χ0) is 17.2. The first-order chi connectivity index (χ1) is 12.3. The number of aromatic nitrogens is 4. The van der Waals surface area contributed by atoms with Crippen molar-refractivity contribution in [3.8, 4) is 5.75 Å². The Hall–Kier alpha value is -2.71. The van der Waals surface area contributed by atoms with Crippen molar-refractivity contribution in [3.63, 3.8) is 0 Å². The van der Waals surface area contributed by atoms with Gasteiger partial charge in [0, 0.05) is 23.4 Å². The number of nitrogens with zero attached hydrogens (tertiary/aromatic N) is 4. The fourth-order valence-corrected chi connectivity index (χ4v) is 3.20. The highest BCUT2D eigenvalue weighted by Gasteiger charge is 2.13. The van der Waals surface area contributed by atoms with Crippen molar-refractivity contribution in [1.82, 2.24) is 19.6 Å². The summed E-state index contributed by atoms with van der Waals surface area (Å²) in [5.41, 5.74) is 5.10. The number of benzene rings is 1. The summed E-state index contributed by atoms with van der Waals surface area (Å²) in [7, 11) is 0. The minimum Gasteiger partial charge on any atom is -0.487 e. The topological polar surface area (TPSA) is 88.1 Å². The van der Waals surface area contributed by atoms with Crippen LogP contribution >= 0.6 is 11.3 Å². The maximum absolute atomic E-state index is 6.21. The van der Waals surface area contributed by atoms with Crippen LogP contribution in [-0.4, -0.2) is 26.2 Å². The first-order valence-electron chi connectivity index (χ1n) is 7.89. The number of fused-ring (bicyclic) bond motifs is 3. The smallest absolute Gasteiger partial charge is 0.154 e. The van der Waals surface area contributed by atoms with Gasteiger partial charge in [0.2, 0.25) is 0 Å². The molecule has 0 aliphatic heterocycles. The van der Waals surface area contributed by atoms with Crippen molar-refractivity contribution in [1.29, 1.82) is 0 Å². The minimum absolute atomic E-state index is 0.373. The summed E-state index contributed by atoms with van der Waals surface area (Å²) in [6, 6.07) is 5.76. The molecule has 0 amide bonds. The molecule has 7 nitrogen and oxygen atoms in total. The molecule has 0 aliphatic carbocycles. The van der Waals surface area contributed by atoms with E-state index in [1.165, 1.54) is 0 Å².